The number of benzene rings is 2. The van der Waals surface area contributed by atoms with E-state index in [-0.39, 0.29) is 17.5 Å². The Kier molecular flexibility index (Phi) is 4.40. The Morgan fingerprint density at radius 3 is 1.92 bits per heavy atom. The minimum Gasteiger partial charge on any atom is -0.480 e. The molecule has 0 saturated heterocycles. The fourth-order valence-corrected chi connectivity index (χ4v) is 3.04. The van der Waals surface area contributed by atoms with Crippen LogP contribution in [-0.4, -0.2) is 33.8 Å². The molecule has 3 rings (SSSR count). The average Bonchev–Trinajstić information content (AvgIpc) is 2.84. The monoisotopic (exact) mass is 337 g/mol. The molecule has 128 valence electrons. The second-order valence-corrected chi connectivity index (χ2v) is 6.48. The van der Waals surface area contributed by atoms with Crippen LogP contribution in [0.1, 0.15) is 51.6 Å². The van der Waals surface area contributed by atoms with E-state index in [1.165, 1.54) is 0 Å². The van der Waals surface area contributed by atoms with Crippen molar-refractivity contribution in [2.45, 2.75) is 32.2 Å². The van der Waals surface area contributed by atoms with E-state index >= 15 is 0 Å². The normalized spacial score (nSPS) is 14.8. The summed E-state index contributed by atoms with van der Waals surface area (Å²) < 4.78 is 0. The molecule has 1 N–H and O–H groups in total. The van der Waals surface area contributed by atoms with E-state index in [1.807, 2.05) is 24.3 Å². The second kappa shape index (κ2) is 6.51. The smallest absolute Gasteiger partial charge is 0.327 e. The van der Waals surface area contributed by atoms with Crippen LogP contribution < -0.4 is 0 Å². The number of carbonyl (C=O) groups excluding carboxylic acids is 2. The first-order valence-electron chi connectivity index (χ1n) is 8.18. The maximum atomic E-state index is 12.5. The quantitative estimate of drug-likeness (QED) is 0.851. The van der Waals surface area contributed by atoms with Gasteiger partial charge in [-0.1, -0.05) is 50.2 Å². The van der Waals surface area contributed by atoms with Crippen LogP contribution in [0, 0.1) is 0 Å². The van der Waals surface area contributed by atoms with Crippen LogP contribution in [0.3, 0.4) is 0 Å². The van der Waals surface area contributed by atoms with Gasteiger partial charge in [0.25, 0.3) is 11.8 Å². The molecule has 1 aliphatic heterocycles. The highest BCUT2D eigenvalue weighted by atomic mass is 16.4. The molecule has 1 heterocycles. The number of amides is 2. The van der Waals surface area contributed by atoms with Crippen molar-refractivity contribution >= 4 is 17.8 Å². The summed E-state index contributed by atoms with van der Waals surface area (Å²) in [5.74, 6) is -1.92. The maximum absolute atomic E-state index is 12.5. The summed E-state index contributed by atoms with van der Waals surface area (Å²) in [5.41, 5.74) is 2.44. The van der Waals surface area contributed by atoms with Gasteiger partial charge in [-0.15, -0.1) is 0 Å². The third-order valence-electron chi connectivity index (χ3n) is 4.50. The number of imide groups is 1. The van der Waals surface area contributed by atoms with Crippen molar-refractivity contribution in [2.75, 3.05) is 0 Å². The molecule has 5 heteroatoms. The van der Waals surface area contributed by atoms with Crippen LogP contribution in [-0.2, 0) is 11.2 Å². The fourth-order valence-electron chi connectivity index (χ4n) is 3.04. The van der Waals surface area contributed by atoms with E-state index in [2.05, 4.69) is 13.8 Å². The molecule has 0 fully saturated rings. The van der Waals surface area contributed by atoms with Gasteiger partial charge in [0, 0.05) is 6.42 Å². The Labute approximate surface area is 145 Å². The van der Waals surface area contributed by atoms with Crippen molar-refractivity contribution in [3.05, 3.63) is 70.8 Å². The molecule has 0 aromatic heterocycles. The van der Waals surface area contributed by atoms with Crippen molar-refractivity contribution in [3.63, 3.8) is 0 Å². The van der Waals surface area contributed by atoms with E-state index in [4.69, 9.17) is 0 Å². The minimum atomic E-state index is -1.22. The number of nitrogens with zero attached hydrogens (tertiary/aromatic N) is 1. The molecule has 0 unspecified atom stereocenters. The molecule has 2 aromatic rings. The molecule has 0 radical (unpaired) electrons. The topological polar surface area (TPSA) is 74.7 Å². The molecule has 1 atom stereocenters. The van der Waals surface area contributed by atoms with E-state index in [9.17, 15) is 19.5 Å². The van der Waals surface area contributed by atoms with Crippen LogP contribution in [0.2, 0.25) is 0 Å². The lowest BCUT2D eigenvalue weighted by Crippen LogP contribution is -2.46. The highest BCUT2D eigenvalue weighted by Crippen LogP contribution is 2.26. The Balaban J connectivity index is 1.89. The Bertz CT molecular complexity index is 804. The van der Waals surface area contributed by atoms with E-state index < -0.39 is 23.8 Å². The third kappa shape index (κ3) is 3.05. The molecule has 0 spiro atoms. The van der Waals surface area contributed by atoms with Crippen molar-refractivity contribution in [3.8, 4) is 0 Å². The summed E-state index contributed by atoms with van der Waals surface area (Å²) in [6.07, 6.45) is 0.0825. The minimum absolute atomic E-state index is 0.0825. The van der Waals surface area contributed by atoms with Crippen molar-refractivity contribution in [2.24, 2.45) is 0 Å². The van der Waals surface area contributed by atoms with E-state index in [0.717, 1.165) is 16.0 Å². The second-order valence-electron chi connectivity index (χ2n) is 6.48. The van der Waals surface area contributed by atoms with Gasteiger partial charge in [-0.2, -0.15) is 0 Å². The average molecular weight is 337 g/mol. The van der Waals surface area contributed by atoms with Crippen molar-refractivity contribution in [1.82, 2.24) is 4.90 Å². The SMILES string of the molecule is CC(C)c1ccc(C[C@@H](C(=O)O)N2C(=O)c3ccccc3C2=O)cc1. The van der Waals surface area contributed by atoms with E-state index in [1.54, 1.807) is 24.3 Å². The molecular formula is C20H19NO4. The number of rotatable bonds is 5. The van der Waals surface area contributed by atoms with Gasteiger partial charge >= 0.3 is 5.97 Å². The highest BCUT2D eigenvalue weighted by molar-refractivity contribution is 6.22. The number of hydrogen-bond donors (Lipinski definition) is 1. The fraction of sp³-hybridized carbons (Fsp3) is 0.250. The largest absolute Gasteiger partial charge is 0.480 e. The molecule has 2 amide bonds. The first kappa shape index (κ1) is 16.9. The zero-order chi connectivity index (χ0) is 18.1. The van der Waals surface area contributed by atoms with Crippen molar-refractivity contribution in [1.29, 1.82) is 0 Å². The number of carboxylic acid groups (broad SMARTS) is 1. The van der Waals surface area contributed by atoms with Gasteiger partial charge in [-0.05, 0) is 29.2 Å². The first-order chi connectivity index (χ1) is 11.9. The van der Waals surface area contributed by atoms with Crippen molar-refractivity contribution < 1.29 is 19.5 Å². The lowest BCUT2D eigenvalue weighted by molar-refractivity contribution is -0.141. The van der Waals surface area contributed by atoms with Gasteiger partial charge in [0.05, 0.1) is 11.1 Å². The number of hydrogen-bond acceptors (Lipinski definition) is 3. The molecule has 0 saturated carbocycles. The molecule has 5 nitrogen and oxygen atoms in total. The van der Waals surface area contributed by atoms with Crippen LogP contribution >= 0.6 is 0 Å². The van der Waals surface area contributed by atoms with Crippen LogP contribution in [0.5, 0.6) is 0 Å². The number of aliphatic carboxylic acids is 1. The zero-order valence-corrected chi connectivity index (χ0v) is 14.1. The lowest BCUT2D eigenvalue weighted by atomic mass is 9.98. The number of carbonyl (C=O) groups is 3. The molecule has 25 heavy (non-hydrogen) atoms. The van der Waals surface area contributed by atoms with Crippen LogP contribution in [0.15, 0.2) is 48.5 Å². The van der Waals surface area contributed by atoms with Gasteiger partial charge < -0.3 is 5.11 Å². The van der Waals surface area contributed by atoms with E-state index in [0.29, 0.717) is 5.92 Å². The predicted octanol–water partition coefficient (Wildman–Crippen LogP) is 3.10. The summed E-state index contributed by atoms with van der Waals surface area (Å²) in [4.78, 5) is 37.7. The standard InChI is InChI=1S/C20H19NO4/c1-12(2)14-9-7-13(8-10-14)11-17(20(24)25)21-18(22)15-5-3-4-6-16(15)19(21)23/h3-10,12,17H,11H2,1-2H3,(H,24,25)/t17-/m0/s1. The molecule has 1 aliphatic rings. The third-order valence-corrected chi connectivity index (χ3v) is 4.50. The van der Waals surface area contributed by atoms with Gasteiger partial charge in [-0.3, -0.25) is 14.5 Å². The van der Waals surface area contributed by atoms with Crippen LogP contribution in [0.25, 0.3) is 0 Å². The molecule has 2 aromatic carbocycles. The highest BCUT2D eigenvalue weighted by Gasteiger charge is 2.42. The van der Waals surface area contributed by atoms with Gasteiger partial charge in [0.15, 0.2) is 0 Å². The summed E-state index contributed by atoms with van der Waals surface area (Å²) in [6, 6.07) is 12.8. The van der Waals surface area contributed by atoms with Gasteiger partial charge in [-0.25, -0.2) is 4.79 Å². The van der Waals surface area contributed by atoms with Crippen LogP contribution in [0.4, 0.5) is 0 Å². The van der Waals surface area contributed by atoms with Gasteiger partial charge in [0.1, 0.15) is 6.04 Å². The molecular weight excluding hydrogens is 318 g/mol. The summed E-state index contributed by atoms with van der Waals surface area (Å²) >= 11 is 0. The Morgan fingerprint density at radius 1 is 0.960 bits per heavy atom. The Hall–Kier alpha value is -2.95. The predicted molar refractivity (Wildman–Crippen MR) is 92.6 cm³/mol. The lowest BCUT2D eigenvalue weighted by Gasteiger charge is -2.22. The maximum Gasteiger partial charge on any atom is 0.327 e. The number of carboxylic acids is 1. The molecule has 0 bridgehead atoms. The Morgan fingerprint density at radius 2 is 1.48 bits per heavy atom. The summed E-state index contributed by atoms with van der Waals surface area (Å²) in [5, 5.41) is 9.61. The zero-order valence-electron chi connectivity index (χ0n) is 14.1. The summed E-state index contributed by atoms with van der Waals surface area (Å²) in [6.45, 7) is 4.15. The first-order valence-corrected chi connectivity index (χ1v) is 8.18. The number of fused-ring (bicyclic) bond motifs is 1. The molecule has 0 aliphatic carbocycles. The van der Waals surface area contributed by atoms with Gasteiger partial charge in [0.2, 0.25) is 0 Å². The summed E-state index contributed by atoms with van der Waals surface area (Å²) in [7, 11) is 0.